The molecule has 0 radical (unpaired) electrons. The molecule has 3 heteroatoms. The minimum Gasteiger partial charge on any atom is -0.388 e. The lowest BCUT2D eigenvalue weighted by atomic mass is 9.87. The summed E-state index contributed by atoms with van der Waals surface area (Å²) in [6.07, 6.45) is 2.68. The van der Waals surface area contributed by atoms with E-state index in [1.54, 1.807) is 0 Å². The van der Waals surface area contributed by atoms with Gasteiger partial charge in [0.1, 0.15) is 0 Å². The highest BCUT2D eigenvalue weighted by atomic mass is 16.3. The van der Waals surface area contributed by atoms with Gasteiger partial charge in [0.15, 0.2) is 0 Å². The summed E-state index contributed by atoms with van der Waals surface area (Å²) in [5.41, 5.74) is 3.48. The van der Waals surface area contributed by atoms with Crippen LogP contribution in [0.15, 0.2) is 54.6 Å². The maximum atomic E-state index is 12.5. The van der Waals surface area contributed by atoms with Crippen LogP contribution in [0, 0.1) is 12.8 Å². The Morgan fingerprint density at radius 1 is 1.08 bits per heavy atom. The van der Waals surface area contributed by atoms with Gasteiger partial charge in [-0.25, -0.2) is 0 Å². The summed E-state index contributed by atoms with van der Waals surface area (Å²) in [7, 11) is 0. The summed E-state index contributed by atoms with van der Waals surface area (Å²) < 4.78 is 0. The third-order valence-electron chi connectivity index (χ3n) is 5.35. The molecule has 0 bridgehead atoms. The zero-order valence-corrected chi connectivity index (χ0v) is 14.9. The summed E-state index contributed by atoms with van der Waals surface area (Å²) in [4.78, 5) is 14.5. The first-order valence-corrected chi connectivity index (χ1v) is 9.20. The smallest absolute Gasteiger partial charge is 0.222 e. The van der Waals surface area contributed by atoms with Crippen LogP contribution in [-0.2, 0) is 11.2 Å². The number of hydrogen-bond donors (Lipinski definition) is 1. The standard InChI is InChI=1S/C22H27NO2/c1-17-7-5-6-8-18(17)11-12-21(24)23-15-13-20(14-16-23)22(25)19-9-3-2-4-10-19/h2-10,20,22,25H,11-16H2,1H3. The van der Waals surface area contributed by atoms with Gasteiger partial charge in [0.2, 0.25) is 5.91 Å². The number of carbonyl (C=O) groups excluding carboxylic acids is 1. The molecular weight excluding hydrogens is 310 g/mol. The molecule has 2 aromatic carbocycles. The van der Waals surface area contributed by atoms with E-state index in [4.69, 9.17) is 0 Å². The number of rotatable bonds is 5. The zero-order valence-electron chi connectivity index (χ0n) is 14.9. The first-order valence-electron chi connectivity index (χ1n) is 9.20. The molecule has 1 aliphatic heterocycles. The second-order valence-corrected chi connectivity index (χ2v) is 7.00. The zero-order chi connectivity index (χ0) is 17.6. The molecule has 3 rings (SSSR count). The minimum absolute atomic E-state index is 0.232. The molecule has 1 heterocycles. The normalized spacial score (nSPS) is 16.6. The van der Waals surface area contributed by atoms with E-state index in [0.29, 0.717) is 6.42 Å². The maximum Gasteiger partial charge on any atom is 0.222 e. The molecule has 0 aliphatic carbocycles. The predicted molar refractivity (Wildman–Crippen MR) is 100 cm³/mol. The molecule has 132 valence electrons. The van der Waals surface area contributed by atoms with Gasteiger partial charge >= 0.3 is 0 Å². The summed E-state index contributed by atoms with van der Waals surface area (Å²) >= 11 is 0. The average Bonchev–Trinajstić information content (AvgIpc) is 2.67. The maximum absolute atomic E-state index is 12.5. The van der Waals surface area contributed by atoms with Crippen LogP contribution in [-0.4, -0.2) is 29.0 Å². The quantitative estimate of drug-likeness (QED) is 0.899. The van der Waals surface area contributed by atoms with E-state index in [1.165, 1.54) is 11.1 Å². The second kappa shape index (κ2) is 8.30. The first-order chi connectivity index (χ1) is 12.1. The van der Waals surface area contributed by atoms with Crippen molar-refractivity contribution in [3.8, 4) is 0 Å². The van der Waals surface area contributed by atoms with Gasteiger partial charge in [-0.2, -0.15) is 0 Å². The van der Waals surface area contributed by atoms with Crippen molar-refractivity contribution in [3.05, 3.63) is 71.3 Å². The van der Waals surface area contributed by atoms with Crippen molar-refractivity contribution in [2.75, 3.05) is 13.1 Å². The number of piperidine rings is 1. The largest absolute Gasteiger partial charge is 0.388 e. The first kappa shape index (κ1) is 17.7. The monoisotopic (exact) mass is 337 g/mol. The Hall–Kier alpha value is -2.13. The van der Waals surface area contributed by atoms with E-state index in [-0.39, 0.29) is 11.8 Å². The third kappa shape index (κ3) is 4.49. The lowest BCUT2D eigenvalue weighted by Crippen LogP contribution is -2.39. The molecule has 1 amide bonds. The molecule has 1 unspecified atom stereocenters. The van der Waals surface area contributed by atoms with Crippen molar-refractivity contribution in [2.24, 2.45) is 5.92 Å². The van der Waals surface area contributed by atoms with Crippen molar-refractivity contribution in [3.63, 3.8) is 0 Å². The van der Waals surface area contributed by atoms with Gasteiger partial charge in [-0.15, -0.1) is 0 Å². The molecule has 1 saturated heterocycles. The van der Waals surface area contributed by atoms with Gasteiger partial charge in [0.25, 0.3) is 0 Å². The number of carbonyl (C=O) groups is 1. The molecule has 1 N–H and O–H groups in total. The van der Waals surface area contributed by atoms with Gasteiger partial charge in [-0.05, 0) is 48.8 Å². The fraction of sp³-hybridized carbons (Fsp3) is 0.409. The Balaban J connectivity index is 1.48. The highest BCUT2D eigenvalue weighted by Crippen LogP contribution is 2.30. The molecule has 1 fully saturated rings. The highest BCUT2D eigenvalue weighted by Gasteiger charge is 2.28. The van der Waals surface area contributed by atoms with Crippen LogP contribution >= 0.6 is 0 Å². The predicted octanol–water partition coefficient (Wildman–Crippen LogP) is 3.90. The molecule has 1 atom stereocenters. The fourth-order valence-corrected chi connectivity index (χ4v) is 3.68. The lowest BCUT2D eigenvalue weighted by molar-refractivity contribution is -0.133. The molecule has 0 saturated carbocycles. The molecule has 1 aliphatic rings. The Morgan fingerprint density at radius 2 is 1.72 bits per heavy atom. The van der Waals surface area contributed by atoms with Crippen LogP contribution in [0.2, 0.25) is 0 Å². The van der Waals surface area contributed by atoms with Gasteiger partial charge in [0, 0.05) is 19.5 Å². The number of aliphatic hydroxyl groups is 1. The van der Waals surface area contributed by atoms with Gasteiger partial charge < -0.3 is 10.0 Å². The van der Waals surface area contributed by atoms with Crippen LogP contribution in [0.4, 0.5) is 0 Å². The molecule has 2 aromatic rings. The van der Waals surface area contributed by atoms with Crippen LogP contribution in [0.5, 0.6) is 0 Å². The van der Waals surface area contributed by atoms with E-state index < -0.39 is 6.10 Å². The fourth-order valence-electron chi connectivity index (χ4n) is 3.68. The third-order valence-corrected chi connectivity index (χ3v) is 5.35. The Labute approximate surface area is 150 Å². The van der Waals surface area contributed by atoms with Crippen molar-refractivity contribution in [1.29, 1.82) is 0 Å². The van der Waals surface area contributed by atoms with Crippen LogP contribution in [0.25, 0.3) is 0 Å². The van der Waals surface area contributed by atoms with Crippen molar-refractivity contribution in [1.82, 2.24) is 4.90 Å². The number of hydrogen-bond acceptors (Lipinski definition) is 2. The van der Waals surface area contributed by atoms with E-state index in [2.05, 4.69) is 19.1 Å². The summed E-state index contributed by atoms with van der Waals surface area (Å²) in [5.74, 6) is 0.471. The Morgan fingerprint density at radius 3 is 2.40 bits per heavy atom. The molecule has 0 spiro atoms. The van der Waals surface area contributed by atoms with Crippen molar-refractivity contribution < 1.29 is 9.90 Å². The van der Waals surface area contributed by atoms with Crippen LogP contribution < -0.4 is 0 Å². The number of nitrogens with zero attached hydrogens (tertiary/aromatic N) is 1. The van der Waals surface area contributed by atoms with E-state index in [0.717, 1.165) is 37.9 Å². The SMILES string of the molecule is Cc1ccccc1CCC(=O)N1CCC(C(O)c2ccccc2)CC1. The number of aliphatic hydroxyl groups excluding tert-OH is 1. The number of likely N-dealkylation sites (tertiary alicyclic amines) is 1. The Kier molecular flexibility index (Phi) is 5.87. The molecule has 25 heavy (non-hydrogen) atoms. The summed E-state index contributed by atoms with van der Waals surface area (Å²) in [6, 6.07) is 18.1. The molecular formula is C22H27NO2. The van der Waals surface area contributed by atoms with Crippen molar-refractivity contribution >= 4 is 5.91 Å². The van der Waals surface area contributed by atoms with E-state index >= 15 is 0 Å². The van der Waals surface area contributed by atoms with Gasteiger partial charge in [0.05, 0.1) is 6.10 Å². The summed E-state index contributed by atoms with van der Waals surface area (Å²) in [5, 5.41) is 10.5. The van der Waals surface area contributed by atoms with E-state index in [9.17, 15) is 9.90 Å². The minimum atomic E-state index is -0.426. The number of benzene rings is 2. The van der Waals surface area contributed by atoms with Gasteiger partial charge in [-0.1, -0.05) is 54.6 Å². The molecule has 3 nitrogen and oxygen atoms in total. The summed E-state index contributed by atoms with van der Waals surface area (Å²) in [6.45, 7) is 3.60. The molecule has 0 aromatic heterocycles. The lowest BCUT2D eigenvalue weighted by Gasteiger charge is -2.34. The van der Waals surface area contributed by atoms with Crippen LogP contribution in [0.1, 0.15) is 42.1 Å². The van der Waals surface area contributed by atoms with Crippen molar-refractivity contribution in [2.45, 2.75) is 38.7 Å². The van der Waals surface area contributed by atoms with Gasteiger partial charge in [-0.3, -0.25) is 4.79 Å². The van der Waals surface area contributed by atoms with E-state index in [1.807, 2.05) is 47.4 Å². The number of aryl methyl sites for hydroxylation is 2. The number of amides is 1. The second-order valence-electron chi connectivity index (χ2n) is 7.00. The Bertz CT molecular complexity index is 690. The average molecular weight is 337 g/mol. The van der Waals surface area contributed by atoms with Crippen LogP contribution in [0.3, 0.4) is 0 Å². The highest BCUT2D eigenvalue weighted by molar-refractivity contribution is 5.76. The topological polar surface area (TPSA) is 40.5 Å².